The Morgan fingerprint density at radius 3 is 2.43 bits per heavy atom. The molecule has 0 spiro atoms. The summed E-state index contributed by atoms with van der Waals surface area (Å²) >= 11 is 12.0. The second-order valence-electron chi connectivity index (χ2n) is 5.48. The van der Waals surface area contributed by atoms with Crippen LogP contribution in [0.3, 0.4) is 0 Å². The number of hydrogen-bond donors (Lipinski definition) is 1. The van der Waals surface area contributed by atoms with Gasteiger partial charge in [0.1, 0.15) is 6.04 Å². The molecule has 1 aliphatic carbocycles. The highest BCUT2D eigenvalue weighted by atomic mass is 35.5. The van der Waals surface area contributed by atoms with E-state index in [9.17, 15) is 4.79 Å². The van der Waals surface area contributed by atoms with Crippen molar-refractivity contribution >= 4 is 29.2 Å². The van der Waals surface area contributed by atoms with Crippen LogP contribution in [0, 0.1) is 0 Å². The number of rotatable bonds is 4. The highest BCUT2D eigenvalue weighted by Crippen LogP contribution is 2.27. The van der Waals surface area contributed by atoms with Gasteiger partial charge < -0.3 is 4.74 Å². The highest BCUT2D eigenvalue weighted by molar-refractivity contribution is 6.42. The van der Waals surface area contributed by atoms with Crippen molar-refractivity contribution in [2.24, 2.45) is 0 Å². The molecule has 21 heavy (non-hydrogen) atoms. The van der Waals surface area contributed by atoms with Gasteiger partial charge in [-0.2, -0.15) is 0 Å². The van der Waals surface area contributed by atoms with Crippen LogP contribution in [0.25, 0.3) is 0 Å². The van der Waals surface area contributed by atoms with Crippen LogP contribution in [0.2, 0.25) is 10.0 Å². The van der Waals surface area contributed by atoms with Crippen molar-refractivity contribution in [3.63, 3.8) is 0 Å². The summed E-state index contributed by atoms with van der Waals surface area (Å²) < 4.78 is 4.93. The van der Waals surface area contributed by atoms with E-state index in [-0.39, 0.29) is 5.97 Å². The molecule has 1 saturated carbocycles. The van der Waals surface area contributed by atoms with Gasteiger partial charge in [-0.1, -0.05) is 55.0 Å². The normalized spacial score (nSPS) is 18.0. The molecule has 0 aromatic heterocycles. The monoisotopic (exact) mass is 329 g/mol. The van der Waals surface area contributed by atoms with Gasteiger partial charge in [-0.25, -0.2) is 4.79 Å². The van der Waals surface area contributed by atoms with E-state index in [4.69, 9.17) is 27.9 Å². The zero-order valence-electron chi connectivity index (χ0n) is 12.2. The van der Waals surface area contributed by atoms with E-state index in [0.29, 0.717) is 16.1 Å². The van der Waals surface area contributed by atoms with Gasteiger partial charge >= 0.3 is 5.97 Å². The molecule has 1 aromatic rings. The van der Waals surface area contributed by atoms with E-state index >= 15 is 0 Å². The molecule has 2 rings (SSSR count). The van der Waals surface area contributed by atoms with Gasteiger partial charge in [0.05, 0.1) is 17.2 Å². The lowest BCUT2D eigenvalue weighted by Gasteiger charge is -2.23. The molecule has 0 aliphatic heterocycles. The van der Waals surface area contributed by atoms with Gasteiger partial charge in [0, 0.05) is 6.04 Å². The number of methoxy groups -OCH3 is 1. The van der Waals surface area contributed by atoms with Crippen LogP contribution < -0.4 is 5.32 Å². The Hall–Kier alpha value is -0.770. The Bertz CT molecular complexity index is 485. The Morgan fingerprint density at radius 1 is 1.19 bits per heavy atom. The molecule has 116 valence electrons. The average Bonchev–Trinajstić information content (AvgIpc) is 2.75. The predicted octanol–water partition coefficient (Wildman–Crippen LogP) is 4.52. The molecule has 1 N–H and O–H groups in total. The molecule has 1 aromatic carbocycles. The zero-order valence-corrected chi connectivity index (χ0v) is 13.7. The third-order valence-electron chi connectivity index (χ3n) is 3.97. The molecule has 0 saturated heterocycles. The van der Waals surface area contributed by atoms with Crippen molar-refractivity contribution < 1.29 is 9.53 Å². The van der Waals surface area contributed by atoms with Gasteiger partial charge in [-0.05, 0) is 30.5 Å². The number of ether oxygens (including phenoxy) is 1. The number of hydrogen-bond acceptors (Lipinski definition) is 3. The Labute approximate surface area is 136 Å². The molecule has 1 aliphatic rings. The second-order valence-corrected chi connectivity index (χ2v) is 6.30. The first-order valence-corrected chi connectivity index (χ1v) is 8.16. The topological polar surface area (TPSA) is 38.3 Å². The molecular formula is C16H21Cl2NO2. The third kappa shape index (κ3) is 4.60. The number of nitrogens with one attached hydrogen (secondary N) is 1. The third-order valence-corrected chi connectivity index (χ3v) is 4.71. The van der Waals surface area contributed by atoms with E-state index in [1.54, 1.807) is 12.1 Å². The molecule has 1 fully saturated rings. The first-order valence-electron chi connectivity index (χ1n) is 7.40. The number of halogens is 2. The lowest BCUT2D eigenvalue weighted by Crippen LogP contribution is -2.37. The quantitative estimate of drug-likeness (QED) is 0.651. The van der Waals surface area contributed by atoms with Crippen molar-refractivity contribution in [1.29, 1.82) is 0 Å². The lowest BCUT2D eigenvalue weighted by molar-refractivity contribution is -0.143. The summed E-state index contributed by atoms with van der Waals surface area (Å²) in [4.78, 5) is 12.1. The number of carbonyl (C=O) groups excluding carboxylic acids is 1. The first-order chi connectivity index (χ1) is 10.1. The Balaban J connectivity index is 2.17. The smallest absolute Gasteiger partial charge is 0.327 e. The maximum absolute atomic E-state index is 12.1. The van der Waals surface area contributed by atoms with Crippen molar-refractivity contribution in [2.75, 3.05) is 7.11 Å². The molecule has 0 radical (unpaired) electrons. The van der Waals surface area contributed by atoms with Crippen LogP contribution >= 0.6 is 23.2 Å². The summed E-state index contributed by atoms with van der Waals surface area (Å²) in [6.07, 6.45) is 7.13. The number of carbonyl (C=O) groups is 1. The van der Waals surface area contributed by atoms with Crippen LogP contribution in [0.5, 0.6) is 0 Å². The number of benzene rings is 1. The van der Waals surface area contributed by atoms with Gasteiger partial charge in [0.25, 0.3) is 0 Å². The van der Waals surface area contributed by atoms with Crippen molar-refractivity contribution in [3.8, 4) is 0 Å². The Kier molecular flexibility index (Phi) is 6.34. The molecule has 1 atom stereocenters. The van der Waals surface area contributed by atoms with Crippen molar-refractivity contribution in [1.82, 2.24) is 5.32 Å². The van der Waals surface area contributed by atoms with E-state index < -0.39 is 6.04 Å². The van der Waals surface area contributed by atoms with Gasteiger partial charge in [0.2, 0.25) is 0 Å². The van der Waals surface area contributed by atoms with E-state index in [2.05, 4.69) is 5.32 Å². The van der Waals surface area contributed by atoms with E-state index in [0.717, 1.165) is 18.4 Å². The van der Waals surface area contributed by atoms with Crippen LogP contribution in [-0.2, 0) is 9.53 Å². The van der Waals surface area contributed by atoms with Gasteiger partial charge in [-0.15, -0.1) is 0 Å². The fourth-order valence-corrected chi connectivity index (χ4v) is 3.10. The molecule has 1 unspecified atom stereocenters. The van der Waals surface area contributed by atoms with Gasteiger partial charge in [0.15, 0.2) is 0 Å². The zero-order chi connectivity index (χ0) is 15.2. The van der Waals surface area contributed by atoms with E-state index in [1.807, 2.05) is 6.07 Å². The minimum atomic E-state index is -0.493. The van der Waals surface area contributed by atoms with E-state index in [1.165, 1.54) is 32.8 Å². The fraction of sp³-hybridized carbons (Fsp3) is 0.562. The van der Waals surface area contributed by atoms with Crippen molar-refractivity contribution in [2.45, 2.75) is 50.6 Å². The van der Waals surface area contributed by atoms with Crippen LogP contribution in [-0.4, -0.2) is 19.1 Å². The number of esters is 1. The summed E-state index contributed by atoms with van der Waals surface area (Å²) in [5.74, 6) is -0.294. The SMILES string of the molecule is COC(=O)C(NC1CCCCCC1)c1ccc(Cl)c(Cl)c1. The van der Waals surface area contributed by atoms with Crippen LogP contribution in [0.15, 0.2) is 18.2 Å². The van der Waals surface area contributed by atoms with Crippen LogP contribution in [0.4, 0.5) is 0 Å². The first kappa shape index (κ1) is 16.6. The fourth-order valence-electron chi connectivity index (χ4n) is 2.79. The molecular weight excluding hydrogens is 309 g/mol. The summed E-state index contributed by atoms with van der Waals surface area (Å²) in [7, 11) is 1.40. The van der Waals surface area contributed by atoms with Gasteiger partial charge in [-0.3, -0.25) is 5.32 Å². The van der Waals surface area contributed by atoms with Crippen LogP contribution in [0.1, 0.15) is 50.1 Å². The minimum absolute atomic E-state index is 0.294. The maximum Gasteiger partial charge on any atom is 0.327 e. The Morgan fingerprint density at radius 2 is 1.86 bits per heavy atom. The summed E-state index contributed by atoms with van der Waals surface area (Å²) in [6, 6.07) is 5.11. The second kappa shape index (κ2) is 8.02. The highest BCUT2D eigenvalue weighted by Gasteiger charge is 2.25. The summed E-state index contributed by atoms with van der Waals surface area (Å²) in [6.45, 7) is 0. The lowest BCUT2D eigenvalue weighted by atomic mass is 10.0. The molecule has 0 bridgehead atoms. The molecule has 3 nitrogen and oxygen atoms in total. The predicted molar refractivity (Wildman–Crippen MR) is 85.8 cm³/mol. The average molecular weight is 330 g/mol. The summed E-state index contributed by atoms with van der Waals surface area (Å²) in [5.41, 5.74) is 0.792. The maximum atomic E-state index is 12.1. The largest absolute Gasteiger partial charge is 0.468 e. The van der Waals surface area contributed by atoms with Crippen molar-refractivity contribution in [3.05, 3.63) is 33.8 Å². The standard InChI is InChI=1S/C16H21Cl2NO2/c1-21-16(20)15(11-8-9-13(17)14(18)10-11)19-12-6-4-2-3-5-7-12/h8-10,12,15,19H,2-7H2,1H3. The summed E-state index contributed by atoms with van der Waals surface area (Å²) in [5, 5.41) is 4.37. The molecule has 5 heteroatoms. The molecule has 0 heterocycles. The molecule has 0 amide bonds. The minimum Gasteiger partial charge on any atom is -0.468 e.